The maximum Gasteiger partial charge on any atom is 0.317 e. The summed E-state index contributed by atoms with van der Waals surface area (Å²) in [5.41, 5.74) is 1.31. The number of amides is 2. The van der Waals surface area contributed by atoms with Crippen molar-refractivity contribution in [3.63, 3.8) is 0 Å². The lowest BCUT2D eigenvalue weighted by Gasteiger charge is -2.34. The molecule has 1 saturated heterocycles. The molecule has 3 aromatic rings. The summed E-state index contributed by atoms with van der Waals surface area (Å²) >= 11 is 3.42. The van der Waals surface area contributed by atoms with Gasteiger partial charge in [0.05, 0.1) is 0 Å². The molecule has 1 aliphatic heterocycles. The number of nitrogens with one attached hydrogen (secondary N) is 1. The van der Waals surface area contributed by atoms with Crippen molar-refractivity contribution in [1.82, 2.24) is 15.2 Å². The summed E-state index contributed by atoms with van der Waals surface area (Å²) in [4.78, 5) is 20.8. The lowest BCUT2D eigenvalue weighted by atomic mass is 10.1. The van der Waals surface area contributed by atoms with Crippen molar-refractivity contribution < 1.29 is 4.79 Å². The van der Waals surface area contributed by atoms with Crippen LogP contribution in [0.3, 0.4) is 0 Å². The third kappa shape index (κ3) is 3.62. The van der Waals surface area contributed by atoms with Gasteiger partial charge in [-0.25, -0.2) is 9.78 Å². The molecule has 1 N–H and O–H groups in total. The highest BCUT2D eigenvalue weighted by molar-refractivity contribution is 7.17. The maximum atomic E-state index is 12.4. The molecule has 25 heavy (non-hydrogen) atoms. The van der Waals surface area contributed by atoms with Crippen LogP contribution in [0.5, 0.6) is 0 Å². The van der Waals surface area contributed by atoms with Gasteiger partial charge in [0.1, 0.15) is 0 Å². The number of rotatable bonds is 4. The molecule has 1 fully saturated rings. The fraction of sp³-hybridized carbons (Fsp3) is 0.333. The summed E-state index contributed by atoms with van der Waals surface area (Å²) in [6.45, 7) is 3.85. The number of carbonyl (C=O) groups excluding carboxylic acids is 1. The second-order valence-corrected chi connectivity index (χ2v) is 7.81. The lowest BCUT2D eigenvalue weighted by molar-refractivity contribution is 0.194. The van der Waals surface area contributed by atoms with Crippen LogP contribution in [0.15, 0.2) is 41.2 Å². The molecule has 0 saturated carbocycles. The number of piperazine rings is 1. The van der Waals surface area contributed by atoms with E-state index in [1.165, 1.54) is 15.6 Å². The zero-order valence-corrected chi connectivity index (χ0v) is 15.5. The number of carbonyl (C=O) groups is 1. The summed E-state index contributed by atoms with van der Waals surface area (Å²) in [5, 5.41) is 9.60. The molecule has 1 aliphatic rings. The minimum atomic E-state index is 0.0401. The van der Waals surface area contributed by atoms with E-state index in [-0.39, 0.29) is 6.03 Å². The van der Waals surface area contributed by atoms with E-state index in [1.807, 2.05) is 16.5 Å². The van der Waals surface area contributed by atoms with E-state index in [1.54, 1.807) is 22.7 Å². The average molecular weight is 373 g/mol. The molecule has 2 aromatic heterocycles. The van der Waals surface area contributed by atoms with Gasteiger partial charge >= 0.3 is 6.03 Å². The van der Waals surface area contributed by atoms with E-state index in [0.717, 1.165) is 37.7 Å². The highest BCUT2D eigenvalue weighted by Gasteiger charge is 2.22. The molecule has 3 heterocycles. The Balaban J connectivity index is 1.26. The Kier molecular flexibility index (Phi) is 4.85. The number of hydrogen-bond donors (Lipinski definition) is 1. The van der Waals surface area contributed by atoms with E-state index in [9.17, 15) is 4.79 Å². The molecule has 4 rings (SSSR count). The monoisotopic (exact) mass is 372 g/mol. The molecule has 1 aromatic carbocycles. The maximum absolute atomic E-state index is 12.4. The van der Waals surface area contributed by atoms with Crippen molar-refractivity contribution in [2.45, 2.75) is 6.42 Å². The third-order valence-electron chi connectivity index (χ3n) is 4.49. The first-order valence-corrected chi connectivity index (χ1v) is 10.2. The molecule has 5 nitrogen and oxygen atoms in total. The van der Waals surface area contributed by atoms with Crippen LogP contribution in [0.1, 0.15) is 5.56 Å². The van der Waals surface area contributed by atoms with Gasteiger partial charge in [0.15, 0.2) is 5.13 Å². The van der Waals surface area contributed by atoms with Crippen LogP contribution < -0.4 is 10.2 Å². The number of urea groups is 1. The minimum Gasteiger partial charge on any atom is -0.345 e. The Morgan fingerprint density at radius 3 is 2.80 bits per heavy atom. The van der Waals surface area contributed by atoms with Crippen LogP contribution in [0.4, 0.5) is 9.93 Å². The molecule has 0 radical (unpaired) electrons. The van der Waals surface area contributed by atoms with E-state index in [4.69, 9.17) is 0 Å². The van der Waals surface area contributed by atoms with Crippen molar-refractivity contribution in [2.75, 3.05) is 37.6 Å². The summed E-state index contributed by atoms with van der Waals surface area (Å²) in [6, 6.07) is 8.47. The zero-order chi connectivity index (χ0) is 17.1. The van der Waals surface area contributed by atoms with Gasteiger partial charge in [-0.3, -0.25) is 0 Å². The van der Waals surface area contributed by atoms with Crippen LogP contribution in [-0.4, -0.2) is 48.6 Å². The smallest absolute Gasteiger partial charge is 0.317 e. The molecule has 0 unspecified atom stereocenters. The van der Waals surface area contributed by atoms with E-state index in [0.29, 0.717) is 6.54 Å². The van der Waals surface area contributed by atoms with Crippen molar-refractivity contribution in [2.24, 2.45) is 0 Å². The molecule has 0 atom stereocenters. The minimum absolute atomic E-state index is 0.0401. The van der Waals surface area contributed by atoms with Crippen LogP contribution in [0, 0.1) is 0 Å². The van der Waals surface area contributed by atoms with Crippen LogP contribution in [-0.2, 0) is 6.42 Å². The van der Waals surface area contributed by atoms with Gasteiger partial charge in [-0.2, -0.15) is 0 Å². The van der Waals surface area contributed by atoms with Crippen molar-refractivity contribution in [3.8, 4) is 0 Å². The van der Waals surface area contributed by atoms with Crippen LogP contribution in [0.2, 0.25) is 0 Å². The summed E-state index contributed by atoms with van der Waals surface area (Å²) < 4.78 is 1.31. The molecular weight excluding hydrogens is 352 g/mol. The first kappa shape index (κ1) is 16.4. The first-order chi connectivity index (χ1) is 12.3. The predicted octanol–water partition coefficient (Wildman–Crippen LogP) is 3.43. The molecule has 0 spiro atoms. The van der Waals surface area contributed by atoms with Crippen molar-refractivity contribution >= 4 is 43.9 Å². The predicted molar refractivity (Wildman–Crippen MR) is 105 cm³/mol. The highest BCUT2D eigenvalue weighted by Crippen LogP contribution is 2.25. The topological polar surface area (TPSA) is 48.5 Å². The number of aromatic nitrogens is 1. The molecule has 2 amide bonds. The second-order valence-electron chi connectivity index (χ2n) is 6.03. The van der Waals surface area contributed by atoms with E-state index < -0.39 is 0 Å². The Labute approximate surface area is 154 Å². The second kappa shape index (κ2) is 7.41. The van der Waals surface area contributed by atoms with E-state index >= 15 is 0 Å². The SMILES string of the molecule is O=C(NCCc1csc2ccccc12)N1CCN(c2nccs2)CC1. The number of anilines is 1. The molecule has 7 heteroatoms. The van der Waals surface area contributed by atoms with Gasteiger partial charge in [0.25, 0.3) is 0 Å². The van der Waals surface area contributed by atoms with Crippen molar-refractivity contribution in [3.05, 3.63) is 46.8 Å². The lowest BCUT2D eigenvalue weighted by Crippen LogP contribution is -2.52. The quantitative estimate of drug-likeness (QED) is 0.763. The number of thiazole rings is 1. The normalized spacial score (nSPS) is 14.9. The Morgan fingerprint density at radius 1 is 1.16 bits per heavy atom. The van der Waals surface area contributed by atoms with Crippen LogP contribution >= 0.6 is 22.7 Å². The highest BCUT2D eigenvalue weighted by atomic mass is 32.1. The fourth-order valence-corrected chi connectivity index (χ4v) is 4.81. The third-order valence-corrected chi connectivity index (χ3v) is 6.33. The van der Waals surface area contributed by atoms with Gasteiger partial charge in [-0.15, -0.1) is 22.7 Å². The van der Waals surface area contributed by atoms with E-state index in [2.05, 4.69) is 44.8 Å². The van der Waals surface area contributed by atoms with Gasteiger partial charge in [-0.1, -0.05) is 18.2 Å². The largest absolute Gasteiger partial charge is 0.345 e. The number of nitrogens with zero attached hydrogens (tertiary/aromatic N) is 3. The van der Waals surface area contributed by atoms with Crippen molar-refractivity contribution in [1.29, 1.82) is 0 Å². The van der Waals surface area contributed by atoms with Crippen LogP contribution in [0.25, 0.3) is 10.1 Å². The number of benzene rings is 1. The summed E-state index contributed by atoms with van der Waals surface area (Å²) in [6.07, 6.45) is 2.70. The Hall–Kier alpha value is -2.12. The summed E-state index contributed by atoms with van der Waals surface area (Å²) in [5.74, 6) is 0. The molecule has 0 aliphatic carbocycles. The zero-order valence-electron chi connectivity index (χ0n) is 13.9. The molecular formula is C18H20N4OS2. The first-order valence-electron chi connectivity index (χ1n) is 8.43. The van der Waals surface area contributed by atoms with Gasteiger partial charge < -0.3 is 15.1 Å². The van der Waals surface area contributed by atoms with Gasteiger partial charge in [0.2, 0.25) is 0 Å². The standard InChI is InChI=1S/C18H20N4OS2/c23-17(21-8-10-22(11-9-21)18-20-7-12-24-18)19-6-5-14-13-25-16-4-2-1-3-15(14)16/h1-4,7,12-13H,5-6,8-11H2,(H,19,23). The summed E-state index contributed by atoms with van der Waals surface area (Å²) in [7, 11) is 0. The average Bonchev–Trinajstić information content (AvgIpc) is 3.32. The molecule has 130 valence electrons. The number of thiophene rings is 1. The number of fused-ring (bicyclic) bond motifs is 1. The Morgan fingerprint density at radius 2 is 2.00 bits per heavy atom. The molecule has 0 bridgehead atoms. The van der Waals surface area contributed by atoms with Gasteiger partial charge in [0, 0.05) is 49.0 Å². The number of hydrogen-bond acceptors (Lipinski definition) is 5. The van der Waals surface area contributed by atoms with Gasteiger partial charge in [-0.05, 0) is 28.8 Å². The Bertz CT molecular complexity index is 838. The fourth-order valence-electron chi connectivity index (χ4n) is 3.12.